The lowest BCUT2D eigenvalue weighted by Gasteiger charge is -2.35. The third kappa shape index (κ3) is 4.22. The molecule has 0 bridgehead atoms. The van der Waals surface area contributed by atoms with Crippen LogP contribution in [0.4, 0.5) is 8.78 Å². The maximum absolute atomic E-state index is 13.5. The summed E-state index contributed by atoms with van der Waals surface area (Å²) in [7, 11) is -3.65. The highest BCUT2D eigenvalue weighted by atomic mass is 32.2. The van der Waals surface area contributed by atoms with Gasteiger partial charge in [-0.2, -0.15) is 12.7 Å². The van der Waals surface area contributed by atoms with Gasteiger partial charge in [-0.05, 0) is 31.9 Å². The van der Waals surface area contributed by atoms with Gasteiger partial charge in [0.05, 0.1) is 12.7 Å². The molecular weight excluding hydrogens is 314 g/mol. The molecule has 1 aliphatic rings. The highest BCUT2D eigenvalue weighted by Gasteiger charge is 2.32. The van der Waals surface area contributed by atoms with Crippen LogP contribution < -0.4 is 4.72 Å². The molecule has 1 N–H and O–H groups in total. The van der Waals surface area contributed by atoms with Crippen LogP contribution in [0.1, 0.15) is 19.4 Å². The van der Waals surface area contributed by atoms with E-state index >= 15 is 0 Å². The molecule has 0 radical (unpaired) electrons. The standard InChI is InChI=1S/C14H20F2N2O3S/c1-10-9-21-11(2)8-18(10)22(19,20)17-6-5-12-3-4-13(15)7-14(12)16/h3-4,7,10-11,17H,5-6,8-9H2,1-2H3/t10-,11-/m0/s1. The lowest BCUT2D eigenvalue weighted by atomic mass is 10.1. The minimum atomic E-state index is -3.65. The molecule has 0 spiro atoms. The summed E-state index contributed by atoms with van der Waals surface area (Å²) in [5.41, 5.74) is 0.271. The normalized spacial score (nSPS) is 23.6. The van der Waals surface area contributed by atoms with Crippen molar-refractivity contribution < 1.29 is 21.9 Å². The van der Waals surface area contributed by atoms with E-state index < -0.39 is 21.8 Å². The molecule has 0 aliphatic carbocycles. The van der Waals surface area contributed by atoms with E-state index in [1.165, 1.54) is 10.4 Å². The number of benzene rings is 1. The summed E-state index contributed by atoms with van der Waals surface area (Å²) in [6, 6.07) is 3.00. The Morgan fingerprint density at radius 1 is 1.36 bits per heavy atom. The van der Waals surface area contributed by atoms with E-state index in [9.17, 15) is 17.2 Å². The summed E-state index contributed by atoms with van der Waals surface area (Å²) < 4.78 is 60.1. The predicted molar refractivity (Wildman–Crippen MR) is 78.6 cm³/mol. The van der Waals surface area contributed by atoms with Crippen molar-refractivity contribution in [2.75, 3.05) is 19.7 Å². The van der Waals surface area contributed by atoms with Crippen molar-refractivity contribution in [3.05, 3.63) is 35.4 Å². The molecule has 8 heteroatoms. The van der Waals surface area contributed by atoms with Crippen molar-refractivity contribution in [3.8, 4) is 0 Å². The van der Waals surface area contributed by atoms with Gasteiger partial charge in [0, 0.05) is 25.2 Å². The number of hydrogen-bond acceptors (Lipinski definition) is 3. The fourth-order valence-electron chi connectivity index (χ4n) is 2.33. The summed E-state index contributed by atoms with van der Waals surface area (Å²) in [6.07, 6.45) is -0.0121. The SMILES string of the molecule is C[C@H]1CN(S(=O)(=O)NCCc2ccc(F)cc2F)[C@@H](C)CO1. The van der Waals surface area contributed by atoms with Gasteiger partial charge in [-0.15, -0.1) is 0 Å². The zero-order valence-corrected chi connectivity index (χ0v) is 13.4. The van der Waals surface area contributed by atoms with Crippen LogP contribution in [-0.4, -0.2) is 44.6 Å². The molecule has 1 heterocycles. The monoisotopic (exact) mass is 334 g/mol. The molecule has 1 aromatic carbocycles. The lowest BCUT2D eigenvalue weighted by Crippen LogP contribution is -2.54. The van der Waals surface area contributed by atoms with Crippen LogP contribution in [0, 0.1) is 11.6 Å². The van der Waals surface area contributed by atoms with Gasteiger partial charge < -0.3 is 4.74 Å². The van der Waals surface area contributed by atoms with Gasteiger partial charge in [0.1, 0.15) is 11.6 Å². The van der Waals surface area contributed by atoms with Crippen molar-refractivity contribution >= 4 is 10.2 Å². The molecule has 1 aliphatic heterocycles. The Kier molecular flexibility index (Phi) is 5.49. The Bertz CT molecular complexity index is 625. The Hall–Kier alpha value is -1.09. The summed E-state index contributed by atoms with van der Waals surface area (Å²) in [5, 5.41) is 0. The molecule has 1 fully saturated rings. The first kappa shape index (κ1) is 17.3. The Morgan fingerprint density at radius 3 is 2.77 bits per heavy atom. The molecule has 124 valence electrons. The third-order valence-corrected chi connectivity index (χ3v) is 5.25. The maximum Gasteiger partial charge on any atom is 0.279 e. The second-order valence-electron chi connectivity index (χ2n) is 5.45. The lowest BCUT2D eigenvalue weighted by molar-refractivity contribution is -0.0174. The number of rotatable bonds is 5. The van der Waals surface area contributed by atoms with Crippen LogP contribution in [0.25, 0.3) is 0 Å². The van der Waals surface area contributed by atoms with Gasteiger partial charge in [0.2, 0.25) is 0 Å². The minimum absolute atomic E-state index is 0.0450. The summed E-state index contributed by atoms with van der Waals surface area (Å²) in [4.78, 5) is 0. The minimum Gasteiger partial charge on any atom is -0.375 e. The van der Waals surface area contributed by atoms with Crippen LogP contribution in [0.5, 0.6) is 0 Å². The molecule has 22 heavy (non-hydrogen) atoms. The van der Waals surface area contributed by atoms with E-state index in [4.69, 9.17) is 4.74 Å². The zero-order valence-electron chi connectivity index (χ0n) is 12.6. The zero-order chi connectivity index (χ0) is 16.3. The van der Waals surface area contributed by atoms with Crippen molar-refractivity contribution in [3.63, 3.8) is 0 Å². The van der Waals surface area contributed by atoms with Crippen LogP contribution in [0.3, 0.4) is 0 Å². The molecule has 2 atom stereocenters. The summed E-state index contributed by atoms with van der Waals surface area (Å²) >= 11 is 0. The van der Waals surface area contributed by atoms with E-state index in [1.54, 1.807) is 6.92 Å². The first-order valence-electron chi connectivity index (χ1n) is 7.11. The Balaban J connectivity index is 1.95. The van der Waals surface area contributed by atoms with Gasteiger partial charge in [-0.3, -0.25) is 0 Å². The smallest absolute Gasteiger partial charge is 0.279 e. The summed E-state index contributed by atoms with van der Waals surface area (Å²) in [6.45, 7) is 4.24. The number of nitrogens with zero attached hydrogens (tertiary/aromatic N) is 1. The molecular formula is C14H20F2N2O3S. The topological polar surface area (TPSA) is 58.6 Å². The number of halogens is 2. The highest BCUT2D eigenvalue weighted by Crippen LogP contribution is 2.15. The Morgan fingerprint density at radius 2 is 2.09 bits per heavy atom. The average Bonchev–Trinajstić information content (AvgIpc) is 2.44. The van der Waals surface area contributed by atoms with E-state index in [-0.39, 0.29) is 37.2 Å². The van der Waals surface area contributed by atoms with Gasteiger partial charge in [0.25, 0.3) is 10.2 Å². The highest BCUT2D eigenvalue weighted by molar-refractivity contribution is 7.87. The van der Waals surface area contributed by atoms with Crippen LogP contribution in [0.15, 0.2) is 18.2 Å². The van der Waals surface area contributed by atoms with E-state index in [1.807, 2.05) is 6.92 Å². The Labute approximate surface area is 129 Å². The summed E-state index contributed by atoms with van der Waals surface area (Å²) in [5.74, 6) is -1.33. The molecule has 0 aromatic heterocycles. The predicted octanol–water partition coefficient (Wildman–Crippen LogP) is 1.45. The second-order valence-corrected chi connectivity index (χ2v) is 7.16. The van der Waals surface area contributed by atoms with Crippen molar-refractivity contribution in [2.24, 2.45) is 0 Å². The van der Waals surface area contributed by atoms with Gasteiger partial charge in [-0.1, -0.05) is 6.07 Å². The maximum atomic E-state index is 13.5. The van der Waals surface area contributed by atoms with Gasteiger partial charge in [0.15, 0.2) is 0 Å². The van der Waals surface area contributed by atoms with Crippen LogP contribution in [-0.2, 0) is 21.4 Å². The molecule has 0 amide bonds. The van der Waals surface area contributed by atoms with E-state index in [0.717, 1.165) is 12.1 Å². The molecule has 2 rings (SSSR count). The molecule has 1 saturated heterocycles. The third-order valence-electron chi connectivity index (χ3n) is 3.55. The average molecular weight is 334 g/mol. The molecule has 1 aromatic rings. The quantitative estimate of drug-likeness (QED) is 0.887. The molecule has 0 unspecified atom stereocenters. The first-order chi connectivity index (χ1) is 10.3. The number of hydrogen-bond donors (Lipinski definition) is 1. The van der Waals surface area contributed by atoms with Crippen LogP contribution in [0.2, 0.25) is 0 Å². The van der Waals surface area contributed by atoms with E-state index in [2.05, 4.69) is 4.72 Å². The first-order valence-corrected chi connectivity index (χ1v) is 8.55. The second kappa shape index (κ2) is 6.99. The molecule has 0 saturated carbocycles. The van der Waals surface area contributed by atoms with Gasteiger partial charge in [-0.25, -0.2) is 13.5 Å². The van der Waals surface area contributed by atoms with Crippen molar-refractivity contribution in [1.29, 1.82) is 0 Å². The van der Waals surface area contributed by atoms with Crippen molar-refractivity contribution in [1.82, 2.24) is 9.03 Å². The number of morpholine rings is 1. The van der Waals surface area contributed by atoms with E-state index in [0.29, 0.717) is 6.61 Å². The fraction of sp³-hybridized carbons (Fsp3) is 0.571. The largest absolute Gasteiger partial charge is 0.375 e. The number of nitrogens with one attached hydrogen (secondary N) is 1. The fourth-order valence-corrected chi connectivity index (χ4v) is 3.80. The molecule has 5 nitrogen and oxygen atoms in total. The van der Waals surface area contributed by atoms with Crippen LogP contribution >= 0.6 is 0 Å². The number of ether oxygens (including phenoxy) is 1. The van der Waals surface area contributed by atoms with Crippen molar-refractivity contribution in [2.45, 2.75) is 32.4 Å². The van der Waals surface area contributed by atoms with Gasteiger partial charge >= 0.3 is 0 Å².